The summed E-state index contributed by atoms with van der Waals surface area (Å²) in [5.74, 6) is -0.635. The van der Waals surface area contributed by atoms with Crippen LogP contribution >= 0.6 is 0 Å². The Bertz CT molecular complexity index is 483. The fourth-order valence-corrected chi connectivity index (χ4v) is 3.31. The average molecular weight is 279 g/mol. The number of hydrogen-bond donors (Lipinski definition) is 1. The quantitative estimate of drug-likeness (QED) is 0.866. The zero-order valence-electron chi connectivity index (χ0n) is 12.7. The highest BCUT2D eigenvalue weighted by atomic mass is 16.4. The summed E-state index contributed by atoms with van der Waals surface area (Å²) in [5, 5.41) is 14.0. The van der Waals surface area contributed by atoms with Gasteiger partial charge in [0, 0.05) is 31.9 Å². The second kappa shape index (κ2) is 5.95. The first-order valence-corrected chi connectivity index (χ1v) is 7.48. The van der Waals surface area contributed by atoms with Crippen LogP contribution in [0.1, 0.15) is 44.4 Å². The van der Waals surface area contributed by atoms with Gasteiger partial charge >= 0.3 is 5.97 Å². The van der Waals surface area contributed by atoms with Gasteiger partial charge in [-0.3, -0.25) is 14.4 Å². The van der Waals surface area contributed by atoms with Gasteiger partial charge in [0.15, 0.2) is 0 Å². The molecule has 2 rings (SSSR count). The molecule has 0 radical (unpaired) electrons. The minimum Gasteiger partial charge on any atom is -0.481 e. The maximum atomic E-state index is 11.6. The van der Waals surface area contributed by atoms with E-state index in [1.54, 1.807) is 0 Å². The Morgan fingerprint density at radius 3 is 2.85 bits per heavy atom. The topological polar surface area (TPSA) is 58.4 Å². The lowest BCUT2D eigenvalue weighted by Crippen LogP contribution is -2.34. The maximum absolute atomic E-state index is 11.6. The first kappa shape index (κ1) is 15.0. The molecule has 0 bridgehead atoms. The molecule has 0 spiro atoms. The predicted octanol–water partition coefficient (Wildman–Crippen LogP) is 2.06. The van der Waals surface area contributed by atoms with Crippen molar-refractivity contribution < 1.29 is 9.90 Å². The number of nitrogens with zero attached hydrogens (tertiary/aromatic N) is 3. The van der Waals surface area contributed by atoms with E-state index in [0.29, 0.717) is 6.54 Å². The van der Waals surface area contributed by atoms with Crippen LogP contribution in [-0.2, 0) is 24.8 Å². The number of aliphatic carboxylic acids is 1. The van der Waals surface area contributed by atoms with Crippen molar-refractivity contribution >= 4 is 5.97 Å². The summed E-state index contributed by atoms with van der Waals surface area (Å²) in [6.45, 7) is 6.51. The monoisotopic (exact) mass is 279 g/mol. The lowest BCUT2D eigenvalue weighted by atomic mass is 9.83. The third-order valence-electron chi connectivity index (χ3n) is 4.34. The molecular formula is C15H25N3O2. The number of carboxylic acid groups (broad SMARTS) is 1. The molecule has 20 heavy (non-hydrogen) atoms. The number of aryl methyl sites for hydroxylation is 2. The summed E-state index contributed by atoms with van der Waals surface area (Å²) < 4.78 is 1.85. The molecule has 0 amide bonds. The third kappa shape index (κ3) is 2.87. The normalized spacial score (nSPS) is 23.4. The maximum Gasteiger partial charge on any atom is 0.310 e. The van der Waals surface area contributed by atoms with Gasteiger partial charge in [-0.2, -0.15) is 5.10 Å². The van der Waals surface area contributed by atoms with Crippen molar-refractivity contribution in [2.75, 3.05) is 13.1 Å². The zero-order chi connectivity index (χ0) is 14.8. The molecule has 0 aromatic carbocycles. The van der Waals surface area contributed by atoms with Crippen molar-refractivity contribution in [1.29, 1.82) is 0 Å². The molecule has 2 heterocycles. The smallest absolute Gasteiger partial charge is 0.310 e. The molecule has 1 aliphatic rings. The first-order chi connectivity index (χ1) is 9.50. The fourth-order valence-electron chi connectivity index (χ4n) is 3.31. The Balaban J connectivity index is 2.07. The Labute approximate surface area is 120 Å². The van der Waals surface area contributed by atoms with Gasteiger partial charge in [-0.05, 0) is 25.8 Å². The predicted molar refractivity (Wildman–Crippen MR) is 77.5 cm³/mol. The van der Waals surface area contributed by atoms with Crippen LogP contribution in [0.3, 0.4) is 0 Å². The molecule has 1 aliphatic heterocycles. The molecule has 0 saturated carbocycles. The van der Waals surface area contributed by atoms with Crippen molar-refractivity contribution in [3.05, 3.63) is 17.5 Å². The van der Waals surface area contributed by atoms with Crippen LogP contribution in [-0.4, -0.2) is 38.8 Å². The van der Waals surface area contributed by atoms with Crippen LogP contribution < -0.4 is 0 Å². The molecule has 1 unspecified atom stereocenters. The van der Waals surface area contributed by atoms with E-state index >= 15 is 0 Å². The van der Waals surface area contributed by atoms with Crippen molar-refractivity contribution in [2.45, 2.75) is 46.1 Å². The molecule has 5 nitrogen and oxygen atoms in total. The Kier molecular flexibility index (Phi) is 4.48. The van der Waals surface area contributed by atoms with Crippen LogP contribution in [0.2, 0.25) is 0 Å². The Morgan fingerprint density at radius 1 is 1.50 bits per heavy atom. The number of rotatable bonds is 6. The van der Waals surface area contributed by atoms with Gasteiger partial charge in [0.2, 0.25) is 0 Å². The highest BCUT2D eigenvalue weighted by Crippen LogP contribution is 2.36. The highest BCUT2D eigenvalue weighted by Gasteiger charge is 2.43. The second-order valence-corrected chi connectivity index (χ2v) is 5.92. The lowest BCUT2D eigenvalue weighted by Gasteiger charge is -2.24. The van der Waals surface area contributed by atoms with Crippen LogP contribution in [0.15, 0.2) is 6.20 Å². The van der Waals surface area contributed by atoms with Gasteiger partial charge in [-0.1, -0.05) is 20.3 Å². The second-order valence-electron chi connectivity index (χ2n) is 5.92. The molecular weight excluding hydrogens is 254 g/mol. The number of hydrogen-bond acceptors (Lipinski definition) is 3. The van der Waals surface area contributed by atoms with Crippen LogP contribution in [0.25, 0.3) is 0 Å². The summed E-state index contributed by atoms with van der Waals surface area (Å²) in [7, 11) is 1.94. The van der Waals surface area contributed by atoms with Crippen LogP contribution in [0.4, 0.5) is 0 Å². The summed E-state index contributed by atoms with van der Waals surface area (Å²) in [6, 6.07) is 0. The summed E-state index contributed by atoms with van der Waals surface area (Å²) in [6.07, 6.45) is 5.43. The summed E-state index contributed by atoms with van der Waals surface area (Å²) >= 11 is 0. The third-order valence-corrected chi connectivity index (χ3v) is 4.34. The summed E-state index contributed by atoms with van der Waals surface area (Å²) in [4.78, 5) is 13.9. The number of carbonyl (C=O) groups is 1. The van der Waals surface area contributed by atoms with Crippen molar-refractivity contribution in [3.63, 3.8) is 0 Å². The first-order valence-electron chi connectivity index (χ1n) is 7.48. The number of carboxylic acids is 1. The zero-order valence-corrected chi connectivity index (χ0v) is 12.7. The molecule has 1 atom stereocenters. The minimum absolute atomic E-state index is 0.538. The molecule has 1 fully saturated rings. The SMILES string of the molecule is CCCC1(C(=O)O)CCN(Cc2cn(C)nc2CC)C1. The van der Waals surface area contributed by atoms with Gasteiger partial charge < -0.3 is 5.11 Å². The van der Waals surface area contributed by atoms with Gasteiger partial charge in [0.05, 0.1) is 11.1 Å². The van der Waals surface area contributed by atoms with Crippen molar-refractivity contribution in [1.82, 2.24) is 14.7 Å². The molecule has 5 heteroatoms. The number of likely N-dealkylation sites (tertiary alicyclic amines) is 1. The highest BCUT2D eigenvalue weighted by molar-refractivity contribution is 5.75. The fraction of sp³-hybridized carbons (Fsp3) is 0.733. The van der Waals surface area contributed by atoms with E-state index < -0.39 is 11.4 Å². The van der Waals surface area contributed by atoms with E-state index in [2.05, 4.69) is 30.0 Å². The van der Waals surface area contributed by atoms with Gasteiger partial charge in [0.1, 0.15) is 0 Å². The van der Waals surface area contributed by atoms with Crippen LogP contribution in [0.5, 0.6) is 0 Å². The van der Waals surface area contributed by atoms with E-state index in [9.17, 15) is 9.90 Å². The molecule has 112 valence electrons. The van der Waals surface area contributed by atoms with Gasteiger partial charge in [-0.25, -0.2) is 0 Å². The molecule has 1 saturated heterocycles. The van der Waals surface area contributed by atoms with Gasteiger partial charge in [0.25, 0.3) is 0 Å². The van der Waals surface area contributed by atoms with E-state index in [1.165, 1.54) is 5.56 Å². The molecule has 1 N–H and O–H groups in total. The van der Waals surface area contributed by atoms with Crippen molar-refractivity contribution in [3.8, 4) is 0 Å². The summed E-state index contributed by atoms with van der Waals surface area (Å²) in [5.41, 5.74) is 1.81. The Hall–Kier alpha value is -1.36. The lowest BCUT2D eigenvalue weighted by molar-refractivity contribution is -0.148. The van der Waals surface area contributed by atoms with E-state index in [-0.39, 0.29) is 0 Å². The van der Waals surface area contributed by atoms with E-state index in [0.717, 1.165) is 44.5 Å². The van der Waals surface area contributed by atoms with E-state index in [4.69, 9.17) is 0 Å². The van der Waals surface area contributed by atoms with Gasteiger partial charge in [-0.15, -0.1) is 0 Å². The molecule has 1 aromatic heterocycles. The Morgan fingerprint density at radius 2 is 2.25 bits per heavy atom. The minimum atomic E-state index is -0.635. The largest absolute Gasteiger partial charge is 0.481 e. The van der Waals surface area contributed by atoms with Crippen LogP contribution in [0, 0.1) is 5.41 Å². The molecule has 0 aliphatic carbocycles. The average Bonchev–Trinajstić information content (AvgIpc) is 2.95. The molecule has 1 aromatic rings. The number of aromatic nitrogens is 2. The van der Waals surface area contributed by atoms with Crippen molar-refractivity contribution in [2.24, 2.45) is 12.5 Å². The standard InChI is InChI=1S/C15H25N3O2/c1-4-6-15(14(19)20)7-8-18(11-15)10-12-9-17(3)16-13(12)5-2/h9H,4-8,10-11H2,1-3H3,(H,19,20). The van der Waals surface area contributed by atoms with E-state index in [1.807, 2.05) is 11.7 Å².